The average Bonchev–Trinajstić information content (AvgIpc) is 2.54. The van der Waals surface area contributed by atoms with Crippen molar-refractivity contribution < 1.29 is 24.5 Å². The highest BCUT2D eigenvalue weighted by Gasteiger charge is 2.26. The van der Waals surface area contributed by atoms with Gasteiger partial charge in [-0.25, -0.2) is 0 Å². The fraction of sp³-hybridized carbons (Fsp3) is 0.0667. The van der Waals surface area contributed by atoms with Crippen molar-refractivity contribution >= 4 is 22.9 Å². The maximum Gasteiger partial charge on any atom is 0.280 e. The minimum absolute atomic E-state index is 0.112. The van der Waals surface area contributed by atoms with E-state index < -0.39 is 44.8 Å². The molecule has 0 spiro atoms. The van der Waals surface area contributed by atoms with Crippen LogP contribution in [0.2, 0.25) is 0 Å². The SMILES string of the molecule is O=C(CC(=O)c1cc([N+](=O)[O-])ccc1[N+](=O)[O-])c1ccccc1O. The summed E-state index contributed by atoms with van der Waals surface area (Å²) in [6.07, 6.45) is -0.764. The Morgan fingerprint density at radius 2 is 1.54 bits per heavy atom. The second-order valence-electron chi connectivity index (χ2n) is 4.76. The number of rotatable bonds is 6. The van der Waals surface area contributed by atoms with Gasteiger partial charge in [0.25, 0.3) is 11.4 Å². The van der Waals surface area contributed by atoms with Crippen molar-refractivity contribution in [3.05, 3.63) is 73.8 Å². The number of nitro groups is 2. The fourth-order valence-electron chi connectivity index (χ4n) is 2.07. The summed E-state index contributed by atoms with van der Waals surface area (Å²) in [5.74, 6) is -2.03. The lowest BCUT2D eigenvalue weighted by Crippen LogP contribution is -2.11. The summed E-state index contributed by atoms with van der Waals surface area (Å²) < 4.78 is 0. The number of phenols is 1. The third kappa shape index (κ3) is 3.40. The second-order valence-corrected chi connectivity index (χ2v) is 4.76. The summed E-state index contributed by atoms with van der Waals surface area (Å²) in [5.41, 5.74) is -1.77. The molecule has 0 atom stereocenters. The fourth-order valence-corrected chi connectivity index (χ4v) is 2.07. The molecule has 0 aliphatic rings. The number of hydrogen-bond donors (Lipinski definition) is 1. The number of benzene rings is 2. The molecular formula is C15H10N2O7. The Bertz CT molecular complexity index is 861. The van der Waals surface area contributed by atoms with Crippen molar-refractivity contribution in [2.75, 3.05) is 0 Å². The number of Topliss-reactive ketones (excluding diaryl/α,β-unsaturated/α-hetero) is 2. The Labute approximate surface area is 134 Å². The van der Waals surface area contributed by atoms with Crippen LogP contribution in [-0.2, 0) is 0 Å². The Balaban J connectivity index is 2.37. The van der Waals surface area contributed by atoms with E-state index in [1.807, 2.05) is 0 Å². The predicted molar refractivity (Wildman–Crippen MR) is 81.1 cm³/mol. The maximum absolute atomic E-state index is 12.2. The van der Waals surface area contributed by atoms with E-state index in [1.54, 1.807) is 0 Å². The highest BCUT2D eigenvalue weighted by atomic mass is 16.6. The number of nitro benzene ring substituents is 2. The Morgan fingerprint density at radius 3 is 2.12 bits per heavy atom. The van der Waals surface area contributed by atoms with E-state index in [0.29, 0.717) is 0 Å². The van der Waals surface area contributed by atoms with Crippen molar-refractivity contribution in [3.63, 3.8) is 0 Å². The van der Waals surface area contributed by atoms with Crippen LogP contribution in [0.15, 0.2) is 42.5 Å². The topological polar surface area (TPSA) is 141 Å². The average molecular weight is 330 g/mol. The number of para-hydroxylation sites is 1. The molecule has 0 radical (unpaired) electrons. The summed E-state index contributed by atoms with van der Waals surface area (Å²) >= 11 is 0. The number of carbonyl (C=O) groups is 2. The lowest BCUT2D eigenvalue weighted by molar-refractivity contribution is -0.389. The second kappa shape index (κ2) is 6.65. The zero-order valence-corrected chi connectivity index (χ0v) is 12.0. The molecule has 9 nitrogen and oxygen atoms in total. The summed E-state index contributed by atoms with van der Waals surface area (Å²) in [4.78, 5) is 44.4. The van der Waals surface area contributed by atoms with Crippen molar-refractivity contribution in [2.24, 2.45) is 0 Å². The van der Waals surface area contributed by atoms with Crippen LogP contribution < -0.4 is 0 Å². The van der Waals surface area contributed by atoms with E-state index in [2.05, 4.69) is 0 Å². The number of phenolic OH excluding ortho intramolecular Hbond substituents is 1. The van der Waals surface area contributed by atoms with Crippen molar-refractivity contribution in [2.45, 2.75) is 6.42 Å². The van der Waals surface area contributed by atoms with Gasteiger partial charge >= 0.3 is 0 Å². The quantitative estimate of drug-likeness (QED) is 0.371. The van der Waals surface area contributed by atoms with Gasteiger partial charge in [-0.3, -0.25) is 29.8 Å². The van der Waals surface area contributed by atoms with Crippen LogP contribution in [0.25, 0.3) is 0 Å². The van der Waals surface area contributed by atoms with E-state index in [4.69, 9.17) is 0 Å². The van der Waals surface area contributed by atoms with Gasteiger partial charge < -0.3 is 5.11 Å². The largest absolute Gasteiger partial charge is 0.507 e. The van der Waals surface area contributed by atoms with Crippen LogP contribution in [0, 0.1) is 20.2 Å². The van der Waals surface area contributed by atoms with Gasteiger partial charge in [-0.15, -0.1) is 0 Å². The molecule has 9 heteroatoms. The molecule has 0 heterocycles. The third-order valence-corrected chi connectivity index (χ3v) is 3.21. The van der Waals surface area contributed by atoms with Crippen LogP contribution in [0.3, 0.4) is 0 Å². The highest BCUT2D eigenvalue weighted by molar-refractivity contribution is 6.15. The van der Waals surface area contributed by atoms with Gasteiger partial charge in [0, 0.05) is 18.2 Å². The number of carbonyl (C=O) groups excluding carboxylic acids is 2. The third-order valence-electron chi connectivity index (χ3n) is 3.21. The molecule has 24 heavy (non-hydrogen) atoms. The molecule has 0 saturated heterocycles. The number of aromatic hydroxyl groups is 1. The molecule has 0 amide bonds. The molecule has 2 aromatic carbocycles. The molecule has 2 aromatic rings. The smallest absolute Gasteiger partial charge is 0.280 e. The standard InChI is InChI=1S/C15H10N2O7/c18-13-4-2-1-3-10(13)14(19)8-15(20)11-7-9(16(21)22)5-6-12(11)17(23)24/h1-7,18H,8H2. The van der Waals surface area contributed by atoms with E-state index in [1.165, 1.54) is 24.3 Å². The number of nitrogens with zero attached hydrogens (tertiary/aromatic N) is 2. The Hall–Kier alpha value is -3.62. The Kier molecular flexibility index (Phi) is 4.64. The minimum atomic E-state index is -0.946. The normalized spacial score (nSPS) is 10.2. The van der Waals surface area contributed by atoms with Crippen LogP contribution in [0.4, 0.5) is 11.4 Å². The van der Waals surface area contributed by atoms with E-state index in [-0.39, 0.29) is 11.3 Å². The molecular weight excluding hydrogens is 320 g/mol. The first-order valence-electron chi connectivity index (χ1n) is 6.58. The summed E-state index contributed by atoms with van der Waals surface area (Å²) in [6.45, 7) is 0. The zero-order chi connectivity index (χ0) is 17.9. The molecule has 0 fully saturated rings. The molecule has 0 saturated carbocycles. The van der Waals surface area contributed by atoms with Crippen LogP contribution in [0.5, 0.6) is 5.75 Å². The van der Waals surface area contributed by atoms with E-state index >= 15 is 0 Å². The lowest BCUT2D eigenvalue weighted by atomic mass is 9.99. The molecule has 122 valence electrons. The molecule has 0 aromatic heterocycles. The van der Waals surface area contributed by atoms with E-state index in [0.717, 1.165) is 18.2 Å². The van der Waals surface area contributed by atoms with Gasteiger partial charge in [-0.2, -0.15) is 0 Å². The first-order valence-corrected chi connectivity index (χ1v) is 6.58. The van der Waals surface area contributed by atoms with Gasteiger partial charge in [0.2, 0.25) is 0 Å². The summed E-state index contributed by atoms with van der Waals surface area (Å²) in [7, 11) is 0. The molecule has 0 bridgehead atoms. The van der Waals surface area contributed by atoms with Crippen LogP contribution in [0.1, 0.15) is 27.1 Å². The van der Waals surface area contributed by atoms with Gasteiger partial charge in [0.15, 0.2) is 11.6 Å². The monoisotopic (exact) mass is 330 g/mol. The van der Waals surface area contributed by atoms with Crippen molar-refractivity contribution in [3.8, 4) is 5.75 Å². The van der Waals surface area contributed by atoms with Crippen LogP contribution in [-0.4, -0.2) is 26.5 Å². The zero-order valence-electron chi connectivity index (χ0n) is 12.0. The molecule has 0 aliphatic heterocycles. The minimum Gasteiger partial charge on any atom is -0.507 e. The molecule has 0 unspecified atom stereocenters. The van der Waals surface area contributed by atoms with Gasteiger partial charge in [0.05, 0.1) is 21.8 Å². The first-order chi connectivity index (χ1) is 11.3. The highest BCUT2D eigenvalue weighted by Crippen LogP contribution is 2.26. The number of hydrogen-bond acceptors (Lipinski definition) is 7. The summed E-state index contributed by atoms with van der Waals surface area (Å²) in [6, 6.07) is 8.03. The molecule has 1 N–H and O–H groups in total. The molecule has 0 aliphatic carbocycles. The predicted octanol–water partition coefficient (Wildman–Crippen LogP) is 2.66. The van der Waals surface area contributed by atoms with Crippen molar-refractivity contribution in [1.29, 1.82) is 0 Å². The van der Waals surface area contributed by atoms with E-state index in [9.17, 15) is 34.9 Å². The summed E-state index contributed by atoms with van der Waals surface area (Å²) in [5, 5.41) is 31.3. The maximum atomic E-state index is 12.2. The first kappa shape index (κ1) is 16.7. The number of non-ortho nitro benzene ring substituents is 1. The van der Waals surface area contributed by atoms with Crippen molar-refractivity contribution in [1.82, 2.24) is 0 Å². The lowest BCUT2D eigenvalue weighted by Gasteiger charge is -2.04. The van der Waals surface area contributed by atoms with Gasteiger partial charge in [0.1, 0.15) is 11.3 Å². The number of ketones is 2. The van der Waals surface area contributed by atoms with Crippen LogP contribution >= 0.6 is 0 Å². The Morgan fingerprint density at radius 1 is 0.917 bits per heavy atom. The molecule has 2 rings (SSSR count). The van der Waals surface area contributed by atoms with Gasteiger partial charge in [-0.05, 0) is 12.1 Å². The van der Waals surface area contributed by atoms with Gasteiger partial charge in [-0.1, -0.05) is 12.1 Å².